The maximum Gasteiger partial charge on any atom is 0.324 e. The van der Waals surface area contributed by atoms with Gasteiger partial charge in [-0.05, 0) is 47.7 Å². The Kier molecular flexibility index (Phi) is 5.49. The zero-order valence-electron chi connectivity index (χ0n) is 18.3. The number of carbonyl (C=O) groups excluding carboxylic acids is 1. The first-order valence-corrected chi connectivity index (χ1v) is 10.7. The molecule has 0 saturated carbocycles. The number of anilines is 1. The quantitative estimate of drug-likeness (QED) is 0.442. The second kappa shape index (κ2) is 8.63. The largest absolute Gasteiger partial charge is 0.381 e. The molecular formula is C22H22FN9O2. The van der Waals surface area contributed by atoms with Crippen molar-refractivity contribution in [2.24, 2.45) is 0 Å². The van der Waals surface area contributed by atoms with Gasteiger partial charge in [0.2, 0.25) is 0 Å². The van der Waals surface area contributed by atoms with Gasteiger partial charge in [0.25, 0.3) is 0 Å². The molecule has 12 heteroatoms. The lowest BCUT2D eigenvalue weighted by atomic mass is 9.85. The highest BCUT2D eigenvalue weighted by atomic mass is 19.1. The predicted molar refractivity (Wildman–Crippen MR) is 118 cm³/mol. The summed E-state index contributed by atoms with van der Waals surface area (Å²) in [7, 11) is 0. The van der Waals surface area contributed by atoms with E-state index in [0.717, 1.165) is 5.69 Å². The minimum Gasteiger partial charge on any atom is -0.381 e. The van der Waals surface area contributed by atoms with Crippen molar-refractivity contribution in [3.63, 3.8) is 0 Å². The van der Waals surface area contributed by atoms with Crippen LogP contribution in [0.15, 0.2) is 67.5 Å². The van der Waals surface area contributed by atoms with Gasteiger partial charge in [-0.2, -0.15) is 5.10 Å². The SMILES string of the molecule is C[C@@H](N1CCN(c2ccc(-n3cnnn3)cc2)C1=O)[C@](O)(Cn1cncn1)c1ccccc1F. The normalized spacial score (nSPS) is 16.6. The Morgan fingerprint density at radius 1 is 1.09 bits per heavy atom. The Hall–Kier alpha value is -4.19. The van der Waals surface area contributed by atoms with Crippen LogP contribution in [0.5, 0.6) is 0 Å². The fraction of sp³-hybridized carbons (Fsp3) is 0.273. The molecule has 34 heavy (non-hydrogen) atoms. The zero-order valence-corrected chi connectivity index (χ0v) is 18.3. The second-order valence-corrected chi connectivity index (χ2v) is 8.07. The summed E-state index contributed by atoms with van der Waals surface area (Å²) >= 11 is 0. The lowest BCUT2D eigenvalue weighted by Crippen LogP contribution is -2.53. The molecule has 11 nitrogen and oxygen atoms in total. The molecule has 2 aromatic carbocycles. The second-order valence-electron chi connectivity index (χ2n) is 8.07. The van der Waals surface area contributed by atoms with Crippen LogP contribution in [0.1, 0.15) is 12.5 Å². The first-order chi connectivity index (χ1) is 16.5. The summed E-state index contributed by atoms with van der Waals surface area (Å²) in [5.74, 6) is -0.557. The maximum atomic E-state index is 14.8. The molecule has 3 heterocycles. The molecule has 1 saturated heterocycles. The van der Waals surface area contributed by atoms with Crippen LogP contribution in [-0.2, 0) is 12.1 Å². The van der Waals surface area contributed by atoms with Gasteiger partial charge in [-0.15, -0.1) is 5.10 Å². The molecule has 2 aromatic heterocycles. The van der Waals surface area contributed by atoms with Crippen molar-refractivity contribution in [3.05, 3.63) is 78.9 Å². The van der Waals surface area contributed by atoms with E-state index in [2.05, 4.69) is 25.6 Å². The number of benzene rings is 2. The topological polar surface area (TPSA) is 118 Å². The average Bonchev–Trinajstić information content (AvgIpc) is 3.62. The van der Waals surface area contributed by atoms with Crippen molar-refractivity contribution >= 4 is 11.7 Å². The average molecular weight is 463 g/mol. The lowest BCUT2D eigenvalue weighted by Gasteiger charge is -2.39. The number of halogens is 1. The van der Waals surface area contributed by atoms with Gasteiger partial charge in [0, 0.05) is 24.3 Å². The van der Waals surface area contributed by atoms with Gasteiger partial charge in [-0.25, -0.2) is 23.5 Å². The van der Waals surface area contributed by atoms with Crippen LogP contribution in [0.25, 0.3) is 5.69 Å². The Labute approximate surface area is 194 Å². The molecule has 2 amide bonds. The summed E-state index contributed by atoms with van der Waals surface area (Å²) < 4.78 is 17.8. The van der Waals surface area contributed by atoms with Crippen molar-refractivity contribution in [2.45, 2.75) is 25.1 Å². The van der Waals surface area contributed by atoms with E-state index in [0.29, 0.717) is 18.8 Å². The van der Waals surface area contributed by atoms with Crippen LogP contribution in [0.2, 0.25) is 0 Å². The lowest BCUT2D eigenvalue weighted by molar-refractivity contribution is -0.0474. The van der Waals surface area contributed by atoms with E-state index < -0.39 is 17.5 Å². The molecule has 0 bridgehead atoms. The Bertz CT molecular complexity index is 1260. The number of hydrogen-bond donors (Lipinski definition) is 1. The van der Waals surface area contributed by atoms with Gasteiger partial charge in [0.05, 0.1) is 18.3 Å². The zero-order chi connectivity index (χ0) is 23.7. The molecule has 1 fully saturated rings. The number of rotatable bonds is 7. The van der Waals surface area contributed by atoms with E-state index in [9.17, 15) is 14.3 Å². The van der Waals surface area contributed by atoms with Gasteiger partial charge in [-0.3, -0.25) is 4.90 Å². The molecule has 174 valence electrons. The molecule has 0 unspecified atom stereocenters. The van der Waals surface area contributed by atoms with Gasteiger partial charge in [-0.1, -0.05) is 18.2 Å². The molecule has 5 rings (SSSR count). The summed E-state index contributed by atoms with van der Waals surface area (Å²) in [4.78, 5) is 20.5. The number of aromatic nitrogens is 7. The molecule has 1 aliphatic rings. The van der Waals surface area contributed by atoms with Crippen LogP contribution < -0.4 is 4.90 Å². The van der Waals surface area contributed by atoms with Crippen LogP contribution in [0, 0.1) is 5.82 Å². The van der Waals surface area contributed by atoms with E-state index in [1.165, 1.54) is 40.5 Å². The van der Waals surface area contributed by atoms with Crippen molar-refractivity contribution in [3.8, 4) is 5.69 Å². The highest BCUT2D eigenvalue weighted by Crippen LogP contribution is 2.34. The Balaban J connectivity index is 1.42. The van der Waals surface area contributed by atoms with E-state index in [4.69, 9.17) is 0 Å². The third kappa shape index (κ3) is 3.77. The highest BCUT2D eigenvalue weighted by Gasteiger charge is 2.46. The number of amides is 2. The number of carbonyl (C=O) groups is 1. The third-order valence-electron chi connectivity index (χ3n) is 6.18. The molecule has 0 spiro atoms. The highest BCUT2D eigenvalue weighted by molar-refractivity contribution is 5.94. The molecule has 1 N–H and O–H groups in total. The first-order valence-electron chi connectivity index (χ1n) is 10.7. The summed E-state index contributed by atoms with van der Waals surface area (Å²) in [5.41, 5.74) is -0.195. The van der Waals surface area contributed by atoms with Crippen LogP contribution in [0.3, 0.4) is 0 Å². The summed E-state index contributed by atoms with van der Waals surface area (Å²) in [6.45, 7) is 2.43. The van der Waals surface area contributed by atoms with Crippen molar-refractivity contribution in [1.29, 1.82) is 0 Å². The van der Waals surface area contributed by atoms with Crippen molar-refractivity contribution < 1.29 is 14.3 Å². The van der Waals surface area contributed by atoms with Gasteiger partial charge < -0.3 is 10.0 Å². The maximum absolute atomic E-state index is 14.8. The fourth-order valence-electron chi connectivity index (χ4n) is 4.29. The number of nitrogens with zero attached hydrogens (tertiary/aromatic N) is 9. The smallest absolute Gasteiger partial charge is 0.324 e. The Morgan fingerprint density at radius 2 is 1.85 bits per heavy atom. The van der Waals surface area contributed by atoms with E-state index in [-0.39, 0.29) is 18.1 Å². The van der Waals surface area contributed by atoms with Gasteiger partial charge in [0.15, 0.2) is 0 Å². The van der Waals surface area contributed by atoms with Crippen molar-refractivity contribution in [2.75, 3.05) is 18.0 Å². The number of hydrogen-bond acceptors (Lipinski definition) is 7. The molecule has 0 radical (unpaired) electrons. The van der Waals surface area contributed by atoms with E-state index in [1.54, 1.807) is 28.9 Å². The monoisotopic (exact) mass is 463 g/mol. The minimum atomic E-state index is -1.74. The summed E-state index contributed by atoms with van der Waals surface area (Å²) in [6.07, 6.45) is 4.27. The van der Waals surface area contributed by atoms with Crippen LogP contribution in [0.4, 0.5) is 14.9 Å². The minimum absolute atomic E-state index is 0.0699. The molecule has 1 aliphatic heterocycles. The molecule has 2 atom stereocenters. The third-order valence-corrected chi connectivity index (χ3v) is 6.18. The van der Waals surface area contributed by atoms with Gasteiger partial charge in [0.1, 0.15) is 30.4 Å². The fourth-order valence-corrected chi connectivity index (χ4v) is 4.29. The van der Waals surface area contributed by atoms with Crippen molar-refractivity contribution in [1.82, 2.24) is 39.9 Å². The summed E-state index contributed by atoms with van der Waals surface area (Å²) in [6, 6.07) is 12.2. The van der Waals surface area contributed by atoms with E-state index in [1.807, 2.05) is 24.3 Å². The Morgan fingerprint density at radius 3 is 2.53 bits per heavy atom. The van der Waals surface area contributed by atoms with Crippen LogP contribution >= 0.6 is 0 Å². The molecule has 4 aromatic rings. The molecular weight excluding hydrogens is 441 g/mol. The molecule has 0 aliphatic carbocycles. The predicted octanol–water partition coefficient (Wildman–Crippen LogP) is 1.61. The van der Waals surface area contributed by atoms with Gasteiger partial charge >= 0.3 is 6.03 Å². The standard InChI is InChI=1S/C22H22FN9O2/c1-16(22(34,12-29-14-24-13-26-29)19-4-2-3-5-20(19)23)30-10-11-31(21(30)33)17-6-8-18(9-7-17)32-15-25-27-28-32/h2-9,13-16,34H,10-12H2,1H3/t16-,22-/m1/s1. The number of urea groups is 1. The van der Waals surface area contributed by atoms with Crippen LogP contribution in [-0.4, -0.2) is 70.1 Å². The number of tetrazole rings is 1. The van der Waals surface area contributed by atoms with E-state index >= 15 is 0 Å². The summed E-state index contributed by atoms with van der Waals surface area (Å²) in [5, 5.41) is 27.0. The number of aliphatic hydroxyl groups is 1. The first kappa shape index (κ1) is 21.6.